The van der Waals surface area contributed by atoms with E-state index in [4.69, 9.17) is 14.2 Å². The molecule has 4 heteroatoms. The molecule has 16 heavy (non-hydrogen) atoms. The van der Waals surface area contributed by atoms with Gasteiger partial charge in [0, 0.05) is 6.42 Å². The third kappa shape index (κ3) is 1.71. The van der Waals surface area contributed by atoms with Crippen molar-refractivity contribution in [2.45, 2.75) is 19.4 Å². The number of fused-ring (bicyclic) bond motifs is 1. The highest BCUT2D eigenvalue weighted by Crippen LogP contribution is 2.33. The van der Waals surface area contributed by atoms with Gasteiger partial charge in [0.15, 0.2) is 11.5 Å². The van der Waals surface area contributed by atoms with Crippen molar-refractivity contribution in [1.82, 2.24) is 0 Å². The number of ether oxygens (including phenoxy) is 3. The molecule has 0 saturated heterocycles. The first-order chi connectivity index (χ1) is 7.65. The highest BCUT2D eigenvalue weighted by molar-refractivity contribution is 5.93. The first kappa shape index (κ1) is 10.8. The van der Waals surface area contributed by atoms with Crippen LogP contribution in [0.25, 0.3) is 0 Å². The van der Waals surface area contributed by atoms with E-state index in [-0.39, 0.29) is 12.1 Å². The number of cyclic esters (lactones) is 1. The molecule has 1 heterocycles. The van der Waals surface area contributed by atoms with Crippen LogP contribution >= 0.6 is 0 Å². The van der Waals surface area contributed by atoms with Gasteiger partial charge in [-0.2, -0.15) is 0 Å². The van der Waals surface area contributed by atoms with Crippen LogP contribution in [0.3, 0.4) is 0 Å². The summed E-state index contributed by atoms with van der Waals surface area (Å²) >= 11 is 0. The molecule has 4 nitrogen and oxygen atoms in total. The number of benzene rings is 1. The van der Waals surface area contributed by atoms with E-state index in [2.05, 4.69) is 0 Å². The Morgan fingerprint density at radius 2 is 1.88 bits per heavy atom. The topological polar surface area (TPSA) is 44.8 Å². The van der Waals surface area contributed by atoms with Gasteiger partial charge in [-0.3, -0.25) is 0 Å². The fourth-order valence-corrected chi connectivity index (χ4v) is 1.88. The van der Waals surface area contributed by atoms with Gasteiger partial charge in [0.25, 0.3) is 0 Å². The third-order valence-electron chi connectivity index (χ3n) is 2.64. The monoisotopic (exact) mass is 222 g/mol. The minimum absolute atomic E-state index is 0.0851. The molecule has 0 aromatic heterocycles. The molecular formula is C12H14O4. The molecule has 0 bridgehead atoms. The van der Waals surface area contributed by atoms with Gasteiger partial charge >= 0.3 is 5.97 Å². The van der Waals surface area contributed by atoms with Crippen LogP contribution in [-0.2, 0) is 11.2 Å². The summed E-state index contributed by atoms with van der Waals surface area (Å²) in [5.41, 5.74) is 1.51. The number of hydrogen-bond donors (Lipinski definition) is 0. The molecule has 2 rings (SSSR count). The summed E-state index contributed by atoms with van der Waals surface area (Å²) in [6.07, 6.45) is 0.625. The van der Waals surface area contributed by atoms with Crippen LogP contribution in [0.1, 0.15) is 22.8 Å². The molecule has 0 fully saturated rings. The van der Waals surface area contributed by atoms with Gasteiger partial charge in [0.05, 0.1) is 19.8 Å². The quantitative estimate of drug-likeness (QED) is 0.716. The molecule has 0 saturated carbocycles. The van der Waals surface area contributed by atoms with Crippen molar-refractivity contribution >= 4 is 5.97 Å². The predicted molar refractivity (Wildman–Crippen MR) is 58.1 cm³/mol. The molecular weight excluding hydrogens is 208 g/mol. The van der Waals surface area contributed by atoms with Crippen molar-refractivity contribution in [3.63, 3.8) is 0 Å². The maximum atomic E-state index is 11.6. The van der Waals surface area contributed by atoms with Crippen LogP contribution in [0.4, 0.5) is 0 Å². The molecule has 1 atom stereocenters. The number of hydrogen-bond acceptors (Lipinski definition) is 4. The van der Waals surface area contributed by atoms with E-state index >= 15 is 0 Å². The normalized spacial score (nSPS) is 18.7. The Morgan fingerprint density at radius 1 is 1.25 bits per heavy atom. The summed E-state index contributed by atoms with van der Waals surface area (Å²) in [7, 11) is 3.12. The van der Waals surface area contributed by atoms with Crippen molar-refractivity contribution in [3.05, 3.63) is 23.3 Å². The second-order valence-corrected chi connectivity index (χ2v) is 3.78. The van der Waals surface area contributed by atoms with E-state index in [1.807, 2.05) is 13.0 Å². The molecule has 0 N–H and O–H groups in total. The molecule has 1 aromatic carbocycles. The Labute approximate surface area is 94.1 Å². The Hall–Kier alpha value is -1.71. The Kier molecular flexibility index (Phi) is 2.73. The van der Waals surface area contributed by atoms with Crippen molar-refractivity contribution in [2.75, 3.05) is 14.2 Å². The van der Waals surface area contributed by atoms with Gasteiger partial charge in [-0.15, -0.1) is 0 Å². The fraction of sp³-hybridized carbons (Fsp3) is 0.417. The van der Waals surface area contributed by atoms with Crippen LogP contribution in [0, 0.1) is 0 Å². The summed E-state index contributed by atoms with van der Waals surface area (Å²) in [4.78, 5) is 11.6. The average Bonchev–Trinajstić information content (AvgIpc) is 2.27. The lowest BCUT2D eigenvalue weighted by Crippen LogP contribution is -2.25. The summed E-state index contributed by atoms with van der Waals surface area (Å²) in [6.45, 7) is 1.87. The van der Waals surface area contributed by atoms with Gasteiger partial charge in [0.2, 0.25) is 0 Å². The Morgan fingerprint density at radius 3 is 2.50 bits per heavy atom. The van der Waals surface area contributed by atoms with E-state index in [1.165, 1.54) is 0 Å². The molecule has 0 aliphatic carbocycles. The zero-order valence-corrected chi connectivity index (χ0v) is 9.57. The number of carbonyl (C=O) groups is 1. The lowest BCUT2D eigenvalue weighted by molar-refractivity contribution is 0.0300. The standard InChI is InChI=1S/C12H14O4/c1-7-4-8-5-10(14-2)11(15-3)6-9(8)12(13)16-7/h5-7H,4H2,1-3H3/t7-/m0/s1. The van der Waals surface area contributed by atoms with E-state index in [0.29, 0.717) is 23.5 Å². The minimum Gasteiger partial charge on any atom is -0.493 e. The molecule has 1 aliphatic heterocycles. The SMILES string of the molecule is COc1cc2c(cc1OC)C(=O)O[C@@H](C)C2. The highest BCUT2D eigenvalue weighted by Gasteiger charge is 2.25. The molecule has 1 aromatic rings. The largest absolute Gasteiger partial charge is 0.493 e. The summed E-state index contributed by atoms with van der Waals surface area (Å²) in [5.74, 6) is 0.894. The predicted octanol–water partition coefficient (Wildman–Crippen LogP) is 1.81. The summed E-state index contributed by atoms with van der Waals surface area (Å²) in [5, 5.41) is 0. The van der Waals surface area contributed by atoms with E-state index in [0.717, 1.165) is 5.56 Å². The van der Waals surface area contributed by atoms with Gasteiger partial charge in [-0.25, -0.2) is 4.79 Å². The van der Waals surface area contributed by atoms with E-state index in [9.17, 15) is 4.79 Å². The van der Waals surface area contributed by atoms with E-state index in [1.54, 1.807) is 20.3 Å². The molecule has 0 spiro atoms. The van der Waals surface area contributed by atoms with Crippen molar-refractivity contribution in [1.29, 1.82) is 0 Å². The maximum absolute atomic E-state index is 11.6. The summed E-state index contributed by atoms with van der Waals surface area (Å²) < 4.78 is 15.5. The van der Waals surface area contributed by atoms with Crippen LogP contribution in [0.15, 0.2) is 12.1 Å². The average molecular weight is 222 g/mol. The van der Waals surface area contributed by atoms with Crippen molar-refractivity contribution in [3.8, 4) is 11.5 Å². The lowest BCUT2D eigenvalue weighted by atomic mass is 9.98. The zero-order chi connectivity index (χ0) is 11.7. The molecule has 86 valence electrons. The molecule has 0 unspecified atom stereocenters. The highest BCUT2D eigenvalue weighted by atomic mass is 16.5. The first-order valence-electron chi connectivity index (χ1n) is 5.11. The van der Waals surface area contributed by atoms with Crippen LogP contribution < -0.4 is 9.47 Å². The van der Waals surface area contributed by atoms with Gasteiger partial charge in [0.1, 0.15) is 6.10 Å². The fourth-order valence-electron chi connectivity index (χ4n) is 1.88. The second-order valence-electron chi connectivity index (χ2n) is 3.78. The van der Waals surface area contributed by atoms with Crippen LogP contribution in [-0.4, -0.2) is 26.3 Å². The first-order valence-corrected chi connectivity index (χ1v) is 5.11. The van der Waals surface area contributed by atoms with E-state index < -0.39 is 0 Å². The smallest absolute Gasteiger partial charge is 0.338 e. The van der Waals surface area contributed by atoms with Gasteiger partial charge in [-0.1, -0.05) is 0 Å². The van der Waals surface area contributed by atoms with Gasteiger partial charge < -0.3 is 14.2 Å². The molecule has 0 radical (unpaired) electrons. The molecule has 0 amide bonds. The zero-order valence-electron chi connectivity index (χ0n) is 9.57. The number of esters is 1. The number of carbonyl (C=O) groups excluding carboxylic acids is 1. The number of rotatable bonds is 2. The second kappa shape index (κ2) is 4.04. The Bertz CT molecular complexity index is 425. The van der Waals surface area contributed by atoms with Crippen molar-refractivity contribution in [2.24, 2.45) is 0 Å². The Balaban J connectivity index is 2.51. The van der Waals surface area contributed by atoms with Crippen molar-refractivity contribution < 1.29 is 19.0 Å². The maximum Gasteiger partial charge on any atom is 0.338 e. The van der Waals surface area contributed by atoms with Gasteiger partial charge in [-0.05, 0) is 24.6 Å². The van der Waals surface area contributed by atoms with Crippen LogP contribution in [0.2, 0.25) is 0 Å². The summed E-state index contributed by atoms with van der Waals surface area (Å²) in [6, 6.07) is 3.51. The molecule has 1 aliphatic rings. The van der Waals surface area contributed by atoms with Crippen LogP contribution in [0.5, 0.6) is 11.5 Å². The third-order valence-corrected chi connectivity index (χ3v) is 2.64. The number of methoxy groups -OCH3 is 2. The lowest BCUT2D eigenvalue weighted by Gasteiger charge is -2.22. The minimum atomic E-state index is -0.297.